The summed E-state index contributed by atoms with van der Waals surface area (Å²) in [7, 11) is -4.29. The van der Waals surface area contributed by atoms with Crippen LogP contribution in [0.15, 0.2) is 40.7 Å². The second kappa shape index (κ2) is 10.5. The Morgan fingerprint density at radius 3 is 2.53 bits per heavy atom. The summed E-state index contributed by atoms with van der Waals surface area (Å²) in [6, 6.07) is 3.49. The number of rotatable bonds is 8. The lowest BCUT2D eigenvalue weighted by Gasteiger charge is -2.34. The Bertz CT molecular complexity index is 1040. The Kier molecular flexibility index (Phi) is 7.96. The largest absolute Gasteiger partial charge is 0.451 e. The highest BCUT2D eigenvalue weighted by atomic mass is 32.2. The third kappa shape index (κ3) is 5.70. The average Bonchev–Trinajstić information content (AvgIpc) is 3.28. The zero-order valence-corrected chi connectivity index (χ0v) is 19.5. The monoisotopic (exact) mass is 483 g/mol. The molecule has 2 aromatic rings. The van der Waals surface area contributed by atoms with Gasteiger partial charge >= 0.3 is 5.97 Å². The molecule has 0 spiro atoms. The fourth-order valence-electron chi connectivity index (χ4n) is 3.63. The summed E-state index contributed by atoms with van der Waals surface area (Å²) in [6.07, 6.45) is 5.26. The van der Waals surface area contributed by atoms with E-state index in [1.807, 2.05) is 0 Å². The van der Waals surface area contributed by atoms with Crippen LogP contribution in [0.25, 0.3) is 0 Å². The first-order valence-electron chi connectivity index (χ1n) is 10.4. The van der Waals surface area contributed by atoms with Gasteiger partial charge in [0.2, 0.25) is 10.0 Å². The van der Waals surface area contributed by atoms with E-state index in [0.29, 0.717) is 5.13 Å². The number of esters is 1. The number of halogens is 1. The molecule has 1 saturated carbocycles. The number of ether oxygens (including phenoxy) is 1. The van der Waals surface area contributed by atoms with Crippen LogP contribution < -0.4 is 9.62 Å². The van der Waals surface area contributed by atoms with Crippen LogP contribution in [-0.4, -0.2) is 43.5 Å². The topological polar surface area (TPSA) is 106 Å². The first-order chi connectivity index (χ1) is 15.2. The molecule has 0 aliphatic heterocycles. The minimum Gasteiger partial charge on any atom is -0.451 e. The Hall–Kier alpha value is -2.37. The lowest BCUT2D eigenvalue weighted by Crippen LogP contribution is -2.48. The van der Waals surface area contributed by atoms with E-state index in [9.17, 15) is 22.4 Å². The van der Waals surface area contributed by atoms with Crippen LogP contribution >= 0.6 is 11.3 Å². The highest BCUT2D eigenvalue weighted by Gasteiger charge is 2.34. The number of carbonyl (C=O) groups excluding carboxylic acids is 2. The molecule has 1 fully saturated rings. The number of hydrogen-bond acceptors (Lipinski definition) is 7. The quantitative estimate of drug-likeness (QED) is 0.578. The summed E-state index contributed by atoms with van der Waals surface area (Å²) in [5, 5.41) is 2.31. The van der Waals surface area contributed by atoms with Gasteiger partial charge in [0.25, 0.3) is 5.91 Å². The van der Waals surface area contributed by atoms with E-state index < -0.39 is 44.8 Å². The van der Waals surface area contributed by atoms with Crippen LogP contribution in [0.3, 0.4) is 0 Å². The second-order valence-electron chi connectivity index (χ2n) is 7.67. The number of anilines is 1. The molecular weight excluding hydrogens is 457 g/mol. The Labute approximate surface area is 190 Å². The van der Waals surface area contributed by atoms with Crippen LogP contribution in [-0.2, 0) is 24.3 Å². The highest BCUT2D eigenvalue weighted by molar-refractivity contribution is 7.89. The zero-order chi connectivity index (χ0) is 23.3. The van der Waals surface area contributed by atoms with Crippen molar-refractivity contribution in [1.29, 1.82) is 0 Å². The smallest absolute Gasteiger partial charge is 0.324 e. The number of thiazole rings is 1. The van der Waals surface area contributed by atoms with Crippen LogP contribution in [0, 0.1) is 5.82 Å². The van der Waals surface area contributed by atoms with Crippen LogP contribution in [0.1, 0.15) is 46.0 Å². The molecule has 1 aliphatic rings. The highest BCUT2D eigenvalue weighted by Crippen LogP contribution is 2.29. The Morgan fingerprint density at radius 1 is 1.22 bits per heavy atom. The molecule has 1 N–H and O–H groups in total. The van der Waals surface area contributed by atoms with Crippen molar-refractivity contribution in [3.8, 4) is 0 Å². The maximum atomic E-state index is 13.9. The second-order valence-corrected chi connectivity index (χ2v) is 10.2. The van der Waals surface area contributed by atoms with Crippen molar-refractivity contribution in [3.05, 3.63) is 41.7 Å². The molecule has 1 aromatic carbocycles. The summed E-state index contributed by atoms with van der Waals surface area (Å²) in [4.78, 5) is 31.0. The van der Waals surface area contributed by atoms with Gasteiger partial charge in [-0.1, -0.05) is 31.4 Å². The first kappa shape index (κ1) is 24.3. The van der Waals surface area contributed by atoms with E-state index in [-0.39, 0.29) is 6.04 Å². The molecule has 1 amide bonds. The summed E-state index contributed by atoms with van der Waals surface area (Å²) in [5.41, 5.74) is 0. The molecule has 0 saturated heterocycles. The van der Waals surface area contributed by atoms with E-state index in [0.717, 1.165) is 44.2 Å². The van der Waals surface area contributed by atoms with Crippen molar-refractivity contribution in [3.63, 3.8) is 0 Å². The predicted molar refractivity (Wildman–Crippen MR) is 118 cm³/mol. The van der Waals surface area contributed by atoms with E-state index in [1.54, 1.807) is 16.5 Å². The van der Waals surface area contributed by atoms with E-state index in [4.69, 9.17) is 4.74 Å². The molecule has 0 unspecified atom stereocenters. The standard InChI is InChI=1S/C21H26FN3O5S2/c1-14(24-32(28,29)18-11-7-6-10-17(18)22)20(27)30-15(2)19(26)25(21-23-12-13-31-21)16-8-4-3-5-9-16/h6-7,10-16,24H,3-5,8-9H2,1-2H3/t14-,15+/m1/s1. The number of hydrogen-bond donors (Lipinski definition) is 1. The van der Waals surface area contributed by atoms with Crippen molar-refractivity contribution in [2.45, 2.75) is 69.0 Å². The Balaban J connectivity index is 1.68. The molecule has 32 heavy (non-hydrogen) atoms. The lowest BCUT2D eigenvalue weighted by molar-refractivity contribution is -0.155. The molecule has 174 valence electrons. The number of nitrogens with one attached hydrogen (secondary N) is 1. The fraction of sp³-hybridized carbons (Fsp3) is 0.476. The molecule has 11 heteroatoms. The number of amides is 1. The van der Waals surface area contributed by atoms with Crippen molar-refractivity contribution in [2.24, 2.45) is 0 Å². The van der Waals surface area contributed by atoms with Crippen molar-refractivity contribution in [2.75, 3.05) is 4.90 Å². The van der Waals surface area contributed by atoms with Gasteiger partial charge in [-0.05, 0) is 38.8 Å². The van der Waals surface area contributed by atoms with Gasteiger partial charge < -0.3 is 4.74 Å². The van der Waals surface area contributed by atoms with Gasteiger partial charge in [-0.15, -0.1) is 11.3 Å². The summed E-state index contributed by atoms with van der Waals surface area (Å²) >= 11 is 1.33. The number of aromatic nitrogens is 1. The van der Waals surface area contributed by atoms with Crippen LogP contribution in [0.4, 0.5) is 9.52 Å². The normalized spacial score (nSPS) is 16.8. The van der Waals surface area contributed by atoms with Crippen molar-refractivity contribution < 1.29 is 27.1 Å². The van der Waals surface area contributed by atoms with E-state index in [1.165, 1.54) is 37.3 Å². The molecular formula is C21H26FN3O5S2. The maximum absolute atomic E-state index is 13.9. The molecule has 0 radical (unpaired) electrons. The maximum Gasteiger partial charge on any atom is 0.324 e. The van der Waals surface area contributed by atoms with E-state index >= 15 is 0 Å². The number of nitrogens with zero attached hydrogens (tertiary/aromatic N) is 2. The van der Waals surface area contributed by atoms with Gasteiger partial charge in [0.05, 0.1) is 0 Å². The third-order valence-corrected chi connectivity index (χ3v) is 7.60. The van der Waals surface area contributed by atoms with Gasteiger partial charge in [-0.3, -0.25) is 14.5 Å². The fourth-order valence-corrected chi connectivity index (χ4v) is 5.62. The first-order valence-corrected chi connectivity index (χ1v) is 12.8. The van der Waals surface area contributed by atoms with Gasteiger partial charge in [0, 0.05) is 17.6 Å². The molecule has 0 bridgehead atoms. The van der Waals surface area contributed by atoms with Gasteiger partial charge in [0.1, 0.15) is 16.8 Å². The van der Waals surface area contributed by atoms with Crippen molar-refractivity contribution >= 4 is 38.4 Å². The van der Waals surface area contributed by atoms with Crippen LogP contribution in [0.5, 0.6) is 0 Å². The molecule has 3 rings (SSSR count). The van der Waals surface area contributed by atoms with Gasteiger partial charge in [-0.25, -0.2) is 17.8 Å². The number of sulfonamides is 1. The zero-order valence-electron chi connectivity index (χ0n) is 17.9. The SMILES string of the molecule is C[C@H](OC(=O)[C@@H](C)NS(=O)(=O)c1ccccc1F)C(=O)N(c1nccs1)C1CCCCC1. The molecule has 1 aliphatic carbocycles. The minimum absolute atomic E-state index is 0.0273. The molecule has 8 nitrogen and oxygen atoms in total. The van der Waals surface area contributed by atoms with E-state index in [2.05, 4.69) is 9.71 Å². The molecule has 2 atom stereocenters. The van der Waals surface area contributed by atoms with Crippen molar-refractivity contribution in [1.82, 2.24) is 9.71 Å². The van der Waals surface area contributed by atoms with Gasteiger partial charge in [-0.2, -0.15) is 4.72 Å². The Morgan fingerprint density at radius 2 is 1.91 bits per heavy atom. The average molecular weight is 484 g/mol. The predicted octanol–water partition coefficient (Wildman–Crippen LogP) is 3.25. The molecule has 1 aromatic heterocycles. The summed E-state index contributed by atoms with van der Waals surface area (Å²) < 4.78 is 46.1. The third-order valence-electron chi connectivity index (χ3n) is 5.25. The summed E-state index contributed by atoms with van der Waals surface area (Å²) in [5.74, 6) is -2.28. The molecule has 1 heterocycles. The summed E-state index contributed by atoms with van der Waals surface area (Å²) in [6.45, 7) is 2.72. The number of benzene rings is 1. The lowest BCUT2D eigenvalue weighted by atomic mass is 9.94. The minimum atomic E-state index is -4.29. The van der Waals surface area contributed by atoms with Crippen LogP contribution in [0.2, 0.25) is 0 Å². The number of carbonyl (C=O) groups is 2. The van der Waals surface area contributed by atoms with Gasteiger partial charge in [0.15, 0.2) is 11.2 Å².